The van der Waals surface area contributed by atoms with Gasteiger partial charge in [0.1, 0.15) is 6.04 Å². The number of H-pyrrole nitrogens is 1. The number of hydrogen-bond acceptors (Lipinski definition) is 2. The number of fused-ring (bicyclic) bond motifs is 1. The lowest BCUT2D eigenvalue weighted by Crippen LogP contribution is -2.22. The number of aromatic nitrogens is 1. The zero-order valence-corrected chi connectivity index (χ0v) is 8.03. The first-order valence-electron chi connectivity index (χ1n) is 4.58. The molecule has 4 nitrogen and oxygen atoms in total. The van der Waals surface area contributed by atoms with Crippen LogP contribution in [0.25, 0.3) is 10.9 Å². The van der Waals surface area contributed by atoms with Gasteiger partial charge in [0.2, 0.25) is 0 Å². The first kappa shape index (κ1) is 9.73. The van der Waals surface area contributed by atoms with Crippen molar-refractivity contribution in [1.29, 1.82) is 0 Å². The predicted octanol–water partition coefficient (Wildman–Crippen LogP) is 1.29. The summed E-state index contributed by atoms with van der Waals surface area (Å²) in [6.45, 7) is 0. The average Bonchev–Trinajstić information content (AvgIpc) is 2.62. The summed E-state index contributed by atoms with van der Waals surface area (Å²) in [7, 11) is 0. The van der Waals surface area contributed by atoms with Crippen LogP contribution in [0.3, 0.4) is 0 Å². The first-order chi connectivity index (χ1) is 7.18. The number of nitrogens with one attached hydrogen (secondary N) is 1. The second-order valence-electron chi connectivity index (χ2n) is 3.37. The van der Waals surface area contributed by atoms with Gasteiger partial charge in [0.15, 0.2) is 0 Å². The largest absolute Gasteiger partial charge is 0.480 e. The molecular formula is C11H11N2O2. The lowest BCUT2D eigenvalue weighted by Gasteiger charge is -2.03. The van der Waals surface area contributed by atoms with Crippen molar-refractivity contribution in [2.45, 2.75) is 6.42 Å². The van der Waals surface area contributed by atoms with Crippen LogP contribution in [0, 0.1) is 6.04 Å². The van der Waals surface area contributed by atoms with Crippen molar-refractivity contribution < 1.29 is 9.90 Å². The molecule has 0 saturated heterocycles. The topological polar surface area (TPSA) is 79.1 Å². The minimum atomic E-state index is -1.06. The Balaban J connectivity index is 2.32. The van der Waals surface area contributed by atoms with E-state index in [1.54, 1.807) is 6.20 Å². The summed E-state index contributed by atoms with van der Waals surface area (Å²) in [4.78, 5) is 13.7. The molecule has 0 saturated carbocycles. The van der Waals surface area contributed by atoms with E-state index in [4.69, 9.17) is 10.8 Å². The lowest BCUT2D eigenvalue weighted by molar-refractivity contribution is -0.135. The Bertz CT molecular complexity index is 490. The summed E-state index contributed by atoms with van der Waals surface area (Å²) >= 11 is 0. The molecule has 4 heteroatoms. The molecule has 0 aliphatic carbocycles. The maximum Gasteiger partial charge on any atom is 0.326 e. The molecule has 2 aromatic rings. The van der Waals surface area contributed by atoms with Gasteiger partial charge < -0.3 is 15.8 Å². The van der Waals surface area contributed by atoms with Crippen molar-refractivity contribution in [2.24, 2.45) is 5.73 Å². The summed E-state index contributed by atoms with van der Waals surface area (Å²) in [5, 5.41) is 9.70. The van der Waals surface area contributed by atoms with Gasteiger partial charge in [-0.3, -0.25) is 4.79 Å². The zero-order chi connectivity index (χ0) is 10.8. The van der Waals surface area contributed by atoms with Gasteiger partial charge in [-0.05, 0) is 11.6 Å². The number of aromatic amines is 1. The van der Waals surface area contributed by atoms with E-state index in [0.717, 1.165) is 16.5 Å². The van der Waals surface area contributed by atoms with E-state index < -0.39 is 5.97 Å². The van der Waals surface area contributed by atoms with Crippen LogP contribution in [0.15, 0.2) is 30.5 Å². The Kier molecular flexibility index (Phi) is 2.43. The van der Waals surface area contributed by atoms with Crippen LogP contribution < -0.4 is 5.73 Å². The maximum atomic E-state index is 10.6. The highest BCUT2D eigenvalue weighted by Crippen LogP contribution is 2.19. The fourth-order valence-corrected chi connectivity index (χ4v) is 1.56. The Morgan fingerprint density at radius 2 is 2.13 bits per heavy atom. The molecule has 0 spiro atoms. The molecule has 1 radical (unpaired) electrons. The number of aliphatic carboxylic acids is 1. The number of nitrogens with two attached hydrogens (primary N) is 1. The van der Waals surface area contributed by atoms with Gasteiger partial charge in [0, 0.05) is 23.5 Å². The summed E-state index contributed by atoms with van der Waals surface area (Å²) in [5.74, 6) is -1.06. The lowest BCUT2D eigenvalue weighted by atomic mass is 10.1. The number of carboxylic acid groups (broad SMARTS) is 1. The average molecular weight is 203 g/mol. The van der Waals surface area contributed by atoms with Crippen LogP contribution in [-0.2, 0) is 11.2 Å². The van der Waals surface area contributed by atoms with Crippen molar-refractivity contribution in [2.75, 3.05) is 0 Å². The van der Waals surface area contributed by atoms with Crippen LogP contribution in [-0.4, -0.2) is 16.1 Å². The van der Waals surface area contributed by atoms with Crippen molar-refractivity contribution in [3.05, 3.63) is 42.1 Å². The molecule has 0 aliphatic heterocycles. The maximum absolute atomic E-state index is 10.6. The Labute approximate surface area is 86.7 Å². The molecule has 15 heavy (non-hydrogen) atoms. The highest BCUT2D eigenvalue weighted by Gasteiger charge is 2.15. The minimum Gasteiger partial charge on any atom is -0.480 e. The molecule has 1 aromatic carbocycles. The van der Waals surface area contributed by atoms with E-state index in [0.29, 0.717) is 0 Å². The minimum absolute atomic E-state index is 0.0419. The molecule has 77 valence electrons. The van der Waals surface area contributed by atoms with Gasteiger partial charge in [0.25, 0.3) is 0 Å². The van der Waals surface area contributed by atoms with Gasteiger partial charge in [-0.15, -0.1) is 0 Å². The van der Waals surface area contributed by atoms with Crippen LogP contribution in [0.2, 0.25) is 0 Å². The normalized spacial score (nSPS) is 11.1. The van der Waals surface area contributed by atoms with Gasteiger partial charge >= 0.3 is 5.97 Å². The van der Waals surface area contributed by atoms with E-state index in [1.165, 1.54) is 0 Å². The molecule has 0 atom stereocenters. The number of hydrogen-bond donors (Lipinski definition) is 3. The molecule has 0 amide bonds. The quantitative estimate of drug-likeness (QED) is 0.703. The molecule has 4 N–H and O–H groups in total. The van der Waals surface area contributed by atoms with E-state index in [-0.39, 0.29) is 12.5 Å². The van der Waals surface area contributed by atoms with Crippen LogP contribution in [0.1, 0.15) is 5.56 Å². The van der Waals surface area contributed by atoms with Gasteiger partial charge in [-0.25, -0.2) is 0 Å². The summed E-state index contributed by atoms with van der Waals surface area (Å²) in [5.41, 5.74) is 7.30. The Morgan fingerprint density at radius 1 is 1.40 bits per heavy atom. The summed E-state index contributed by atoms with van der Waals surface area (Å²) in [6, 6.07) is 7.68. The third-order valence-corrected chi connectivity index (χ3v) is 2.33. The van der Waals surface area contributed by atoms with E-state index in [2.05, 4.69) is 4.98 Å². The summed E-state index contributed by atoms with van der Waals surface area (Å²) < 4.78 is 0. The van der Waals surface area contributed by atoms with Gasteiger partial charge in [0.05, 0.1) is 0 Å². The van der Waals surface area contributed by atoms with E-state index >= 15 is 0 Å². The fourth-order valence-electron chi connectivity index (χ4n) is 1.56. The second kappa shape index (κ2) is 3.74. The SMILES string of the molecule is N[C](Cc1c[nH]c2ccccc12)C(=O)O. The Morgan fingerprint density at radius 3 is 2.87 bits per heavy atom. The van der Waals surface area contributed by atoms with Crippen LogP contribution >= 0.6 is 0 Å². The van der Waals surface area contributed by atoms with Crippen molar-refractivity contribution in [3.63, 3.8) is 0 Å². The molecule has 0 aliphatic rings. The highest BCUT2D eigenvalue weighted by molar-refractivity contribution is 5.86. The number of para-hydroxylation sites is 1. The van der Waals surface area contributed by atoms with Crippen LogP contribution in [0.4, 0.5) is 0 Å². The fraction of sp³-hybridized carbons (Fsp3) is 0.0909. The molecule has 1 aromatic heterocycles. The standard InChI is InChI=1S/C11H11N2O2/c12-9(11(14)15)5-7-6-13-10-4-2-1-3-8(7)10/h1-4,6,13H,5,12H2,(H,14,15). The molecular weight excluding hydrogens is 192 g/mol. The molecule has 2 rings (SSSR count). The van der Waals surface area contributed by atoms with Crippen molar-refractivity contribution in [3.8, 4) is 0 Å². The smallest absolute Gasteiger partial charge is 0.326 e. The molecule has 0 bridgehead atoms. The summed E-state index contributed by atoms with van der Waals surface area (Å²) in [6.07, 6.45) is 2.06. The van der Waals surface area contributed by atoms with E-state index in [9.17, 15) is 4.79 Å². The van der Waals surface area contributed by atoms with Gasteiger partial charge in [-0.1, -0.05) is 18.2 Å². The van der Waals surface area contributed by atoms with Crippen molar-refractivity contribution >= 4 is 16.9 Å². The number of benzene rings is 1. The molecule has 0 unspecified atom stereocenters. The van der Waals surface area contributed by atoms with Crippen molar-refractivity contribution in [1.82, 2.24) is 4.98 Å². The highest BCUT2D eigenvalue weighted by atomic mass is 16.4. The van der Waals surface area contributed by atoms with Crippen LogP contribution in [0.5, 0.6) is 0 Å². The predicted molar refractivity (Wildman–Crippen MR) is 57.1 cm³/mol. The second-order valence-corrected chi connectivity index (χ2v) is 3.37. The Hall–Kier alpha value is -1.81. The van der Waals surface area contributed by atoms with Gasteiger partial charge in [-0.2, -0.15) is 0 Å². The third kappa shape index (κ3) is 1.85. The number of rotatable bonds is 3. The zero-order valence-electron chi connectivity index (χ0n) is 8.03. The number of carboxylic acids is 1. The third-order valence-electron chi connectivity index (χ3n) is 2.33. The number of carbonyl (C=O) groups is 1. The molecule has 0 fully saturated rings. The first-order valence-corrected chi connectivity index (χ1v) is 4.58. The van der Waals surface area contributed by atoms with E-state index in [1.807, 2.05) is 24.3 Å². The molecule has 1 heterocycles. The monoisotopic (exact) mass is 203 g/mol.